The molecule has 32 heavy (non-hydrogen) atoms. The highest BCUT2D eigenvalue weighted by molar-refractivity contribution is 7.17. The third-order valence-electron chi connectivity index (χ3n) is 6.06. The molecular weight excluding hydrogens is 426 g/mol. The van der Waals surface area contributed by atoms with Crippen LogP contribution in [0.2, 0.25) is 0 Å². The summed E-state index contributed by atoms with van der Waals surface area (Å²) in [6.45, 7) is 6.18. The van der Waals surface area contributed by atoms with Crippen LogP contribution in [0, 0.1) is 0 Å². The van der Waals surface area contributed by atoms with E-state index in [1.54, 1.807) is 0 Å². The number of benzene rings is 1. The van der Waals surface area contributed by atoms with E-state index in [1.165, 1.54) is 23.3 Å². The zero-order valence-corrected chi connectivity index (χ0v) is 19.6. The maximum absolute atomic E-state index is 12.8. The van der Waals surface area contributed by atoms with E-state index in [-0.39, 0.29) is 11.9 Å². The lowest BCUT2D eigenvalue weighted by Gasteiger charge is -2.36. The fourth-order valence-electron chi connectivity index (χ4n) is 4.48. The van der Waals surface area contributed by atoms with E-state index in [4.69, 9.17) is 9.47 Å². The maximum atomic E-state index is 12.8. The van der Waals surface area contributed by atoms with Gasteiger partial charge in [0.25, 0.3) is 0 Å². The number of nitrogens with one attached hydrogen (secondary N) is 1. The predicted molar refractivity (Wildman–Crippen MR) is 127 cm³/mol. The number of carbonyl (C=O) groups is 2. The first-order valence-corrected chi connectivity index (χ1v) is 12.1. The third-order valence-corrected chi connectivity index (χ3v) is 7.27. The normalized spacial score (nSPS) is 16.4. The molecule has 0 radical (unpaired) electrons. The Morgan fingerprint density at radius 2 is 1.84 bits per heavy atom. The molecule has 0 saturated carbocycles. The number of aryl methyl sites for hydroxylation is 1. The number of para-hydroxylation sites is 2. The molecule has 0 bridgehead atoms. The van der Waals surface area contributed by atoms with E-state index >= 15 is 0 Å². The summed E-state index contributed by atoms with van der Waals surface area (Å²) >= 11 is 1.53. The Kier molecular flexibility index (Phi) is 7.32. The maximum Gasteiger partial charge on any atom is 0.341 e. The quantitative estimate of drug-likeness (QED) is 0.641. The Morgan fingerprint density at radius 1 is 1.09 bits per heavy atom. The van der Waals surface area contributed by atoms with Gasteiger partial charge in [0.15, 0.2) is 0 Å². The van der Waals surface area contributed by atoms with E-state index in [2.05, 4.69) is 21.2 Å². The van der Waals surface area contributed by atoms with Crippen molar-refractivity contribution in [1.82, 2.24) is 4.90 Å². The second kappa shape index (κ2) is 10.4. The molecule has 1 aliphatic carbocycles. The summed E-state index contributed by atoms with van der Waals surface area (Å²) in [6, 6.07) is 8.09. The fraction of sp³-hybridized carbons (Fsp3) is 0.500. The molecule has 1 saturated heterocycles. The van der Waals surface area contributed by atoms with Crippen LogP contribution in [-0.4, -0.2) is 63.2 Å². The largest absolute Gasteiger partial charge is 0.492 e. The summed E-state index contributed by atoms with van der Waals surface area (Å²) in [5, 5.41) is 3.64. The van der Waals surface area contributed by atoms with Crippen molar-refractivity contribution in [2.24, 2.45) is 0 Å². The molecule has 0 spiro atoms. The summed E-state index contributed by atoms with van der Waals surface area (Å²) in [4.78, 5) is 30.9. The number of rotatable bonds is 7. The first kappa shape index (κ1) is 22.6. The number of ether oxygens (including phenoxy) is 2. The monoisotopic (exact) mass is 457 g/mol. The number of methoxy groups -OCH3 is 1. The molecule has 1 aromatic carbocycles. The van der Waals surface area contributed by atoms with E-state index in [9.17, 15) is 9.59 Å². The van der Waals surface area contributed by atoms with Crippen molar-refractivity contribution < 1.29 is 19.1 Å². The molecule has 0 unspecified atom stereocenters. The molecule has 1 amide bonds. The summed E-state index contributed by atoms with van der Waals surface area (Å²) < 4.78 is 10.8. The molecule has 8 heteroatoms. The molecule has 1 aromatic heterocycles. The van der Waals surface area contributed by atoms with Crippen LogP contribution in [0.1, 0.15) is 40.6 Å². The van der Waals surface area contributed by atoms with Crippen molar-refractivity contribution in [3.05, 3.63) is 40.3 Å². The highest BCUT2D eigenvalue weighted by atomic mass is 32.1. The third kappa shape index (κ3) is 4.91. The van der Waals surface area contributed by atoms with Gasteiger partial charge in [0, 0.05) is 31.1 Å². The average Bonchev–Trinajstić information content (AvgIpc) is 3.17. The van der Waals surface area contributed by atoms with Crippen LogP contribution in [0.25, 0.3) is 0 Å². The lowest BCUT2D eigenvalue weighted by Crippen LogP contribution is -2.48. The van der Waals surface area contributed by atoms with Crippen molar-refractivity contribution >= 4 is 33.9 Å². The fourth-order valence-corrected chi connectivity index (χ4v) is 5.78. The van der Waals surface area contributed by atoms with Gasteiger partial charge in [0.1, 0.15) is 10.8 Å². The van der Waals surface area contributed by atoms with E-state index in [0.717, 1.165) is 68.9 Å². The Balaban J connectivity index is 1.36. The molecule has 1 fully saturated rings. The number of hydrogen-bond donors (Lipinski definition) is 1. The lowest BCUT2D eigenvalue weighted by molar-refractivity contribution is -0.117. The van der Waals surface area contributed by atoms with Gasteiger partial charge in [-0.2, -0.15) is 0 Å². The molecule has 1 N–H and O–H groups in total. The van der Waals surface area contributed by atoms with Gasteiger partial charge in [0.05, 0.1) is 31.5 Å². The minimum Gasteiger partial charge on any atom is -0.492 e. The number of anilines is 2. The Labute approximate surface area is 193 Å². The number of hydrogen-bond acceptors (Lipinski definition) is 7. The number of amides is 1. The summed E-state index contributed by atoms with van der Waals surface area (Å²) in [7, 11) is 1.39. The predicted octanol–water partition coefficient (Wildman–Crippen LogP) is 3.57. The van der Waals surface area contributed by atoms with E-state index < -0.39 is 0 Å². The van der Waals surface area contributed by atoms with Crippen molar-refractivity contribution in [2.45, 2.75) is 32.6 Å². The Morgan fingerprint density at radius 3 is 2.59 bits per heavy atom. The Bertz CT molecular complexity index is 966. The summed E-state index contributed by atoms with van der Waals surface area (Å²) in [5.74, 6) is 0.455. The highest BCUT2D eigenvalue weighted by Gasteiger charge is 2.28. The standard InChI is InChI=1S/C24H31N3O4S/c1-3-31-19-10-6-5-9-18(19)27-14-12-26(13-15-27)16-21(28)25-23-22(24(29)30-2)17-8-4-7-11-20(17)32-23/h5-6,9-10H,3-4,7-8,11-16H2,1-2H3,(H,25,28). The second-order valence-corrected chi connectivity index (χ2v) is 9.22. The number of fused-ring (bicyclic) bond motifs is 1. The highest BCUT2D eigenvalue weighted by Crippen LogP contribution is 2.38. The van der Waals surface area contributed by atoms with Crippen LogP contribution in [0.15, 0.2) is 24.3 Å². The summed E-state index contributed by atoms with van der Waals surface area (Å²) in [5.41, 5.74) is 2.72. The number of piperazine rings is 1. The van der Waals surface area contributed by atoms with Crippen LogP contribution in [0.4, 0.5) is 10.7 Å². The van der Waals surface area contributed by atoms with E-state index in [0.29, 0.717) is 23.7 Å². The van der Waals surface area contributed by atoms with Crippen molar-refractivity contribution in [3.63, 3.8) is 0 Å². The molecular formula is C24H31N3O4S. The number of esters is 1. The van der Waals surface area contributed by atoms with Crippen molar-refractivity contribution in [3.8, 4) is 5.75 Å². The smallest absolute Gasteiger partial charge is 0.341 e. The molecule has 2 heterocycles. The number of thiophene rings is 1. The SMILES string of the molecule is CCOc1ccccc1N1CCN(CC(=O)Nc2sc3c(c2C(=O)OC)CCCC3)CC1. The van der Waals surface area contributed by atoms with E-state index in [1.807, 2.05) is 25.1 Å². The number of nitrogens with zero attached hydrogens (tertiary/aromatic N) is 2. The minimum absolute atomic E-state index is 0.0862. The molecule has 172 valence electrons. The molecule has 0 atom stereocenters. The topological polar surface area (TPSA) is 71.1 Å². The molecule has 2 aliphatic rings. The first-order chi connectivity index (χ1) is 15.6. The molecule has 7 nitrogen and oxygen atoms in total. The minimum atomic E-state index is -0.360. The first-order valence-electron chi connectivity index (χ1n) is 11.3. The van der Waals surface area contributed by atoms with Crippen LogP contribution < -0.4 is 15.0 Å². The van der Waals surface area contributed by atoms with Crippen molar-refractivity contribution in [1.29, 1.82) is 0 Å². The van der Waals surface area contributed by atoms with Gasteiger partial charge in [-0.15, -0.1) is 11.3 Å². The zero-order valence-electron chi connectivity index (χ0n) is 18.8. The Hall–Kier alpha value is -2.58. The van der Waals surface area contributed by atoms with Crippen LogP contribution in [-0.2, 0) is 22.4 Å². The van der Waals surface area contributed by atoms with Gasteiger partial charge in [-0.25, -0.2) is 4.79 Å². The van der Waals surface area contributed by atoms with Crippen LogP contribution in [0.5, 0.6) is 5.75 Å². The van der Waals surface area contributed by atoms with Gasteiger partial charge >= 0.3 is 5.97 Å². The van der Waals surface area contributed by atoms with Gasteiger partial charge in [-0.1, -0.05) is 12.1 Å². The zero-order chi connectivity index (χ0) is 22.5. The van der Waals surface area contributed by atoms with Gasteiger partial charge in [-0.3, -0.25) is 9.69 Å². The lowest BCUT2D eigenvalue weighted by atomic mass is 9.95. The second-order valence-electron chi connectivity index (χ2n) is 8.12. The van der Waals surface area contributed by atoms with Gasteiger partial charge < -0.3 is 19.7 Å². The molecule has 4 rings (SSSR count). The van der Waals surface area contributed by atoms with Gasteiger partial charge in [0.2, 0.25) is 5.91 Å². The van der Waals surface area contributed by atoms with Crippen LogP contribution in [0.3, 0.4) is 0 Å². The number of carbonyl (C=O) groups excluding carboxylic acids is 2. The molecule has 2 aromatic rings. The molecule has 1 aliphatic heterocycles. The van der Waals surface area contributed by atoms with Crippen LogP contribution >= 0.6 is 11.3 Å². The average molecular weight is 458 g/mol. The van der Waals surface area contributed by atoms with Crippen molar-refractivity contribution in [2.75, 3.05) is 56.7 Å². The van der Waals surface area contributed by atoms with Gasteiger partial charge in [-0.05, 0) is 50.3 Å². The summed E-state index contributed by atoms with van der Waals surface area (Å²) in [6.07, 6.45) is 4.03.